The Morgan fingerprint density at radius 3 is 2.92 bits per heavy atom. The van der Waals surface area contributed by atoms with E-state index in [1.807, 2.05) is 0 Å². The van der Waals surface area contributed by atoms with Gasteiger partial charge in [0.1, 0.15) is 0 Å². The van der Waals surface area contributed by atoms with Gasteiger partial charge in [-0.05, 0) is 0 Å². The van der Waals surface area contributed by atoms with Crippen LogP contribution in [0.15, 0.2) is 15.2 Å². The first-order valence-electron chi connectivity index (χ1n) is 3.11. The Balaban J connectivity index is 2.96. The predicted molar refractivity (Wildman–Crippen MR) is 43.2 cm³/mol. The average molecular weight is 440 g/mol. The molecule has 1 aromatic heterocycles. The number of hydrogen-bond acceptors (Lipinski definition) is 3. The Hall–Kier alpha value is 0.455. The minimum absolute atomic E-state index is 0.208. The fraction of sp³-hybridized carbons (Fsp3) is 0.167. The van der Waals surface area contributed by atoms with Gasteiger partial charge >= 0.3 is 94.1 Å². The summed E-state index contributed by atoms with van der Waals surface area (Å²) in [4.78, 5) is 10.9. The molecule has 0 atom stereocenters. The molecule has 12 heavy (non-hydrogen) atoms. The molecule has 1 aromatic rings. The molecule has 0 aromatic carbocycles. The van der Waals surface area contributed by atoms with E-state index < -0.39 is 29.3 Å². The van der Waals surface area contributed by atoms with Gasteiger partial charge in [-0.1, -0.05) is 0 Å². The zero-order valence-corrected chi connectivity index (χ0v) is 14.1. The summed E-state index contributed by atoms with van der Waals surface area (Å²) in [6.07, 6.45) is 0. The molecule has 1 rings (SSSR count). The van der Waals surface area contributed by atoms with E-state index in [0.717, 1.165) is 3.07 Å². The van der Waals surface area contributed by atoms with Gasteiger partial charge in [-0.2, -0.15) is 0 Å². The summed E-state index contributed by atoms with van der Waals surface area (Å²) in [7, 11) is 7.08. The molecule has 0 aliphatic heterocycles. The van der Waals surface area contributed by atoms with Crippen LogP contribution in [0.3, 0.4) is 0 Å². The molecule has 3 nitrogen and oxygen atoms in total. The number of carbonyl (C=O) groups excluding carboxylic acids is 1. The van der Waals surface area contributed by atoms with E-state index in [1.54, 1.807) is 6.07 Å². The van der Waals surface area contributed by atoms with Gasteiger partial charge in [-0.15, -0.1) is 0 Å². The summed E-state index contributed by atoms with van der Waals surface area (Å²) in [5.74, 6) is -0.263. The molecular weight excluding hydrogens is 436 g/mol. The molecule has 1 heterocycles. The molecule has 0 bridgehead atoms. The van der Waals surface area contributed by atoms with Crippen molar-refractivity contribution < 1.29 is 37.3 Å². The van der Waals surface area contributed by atoms with Crippen molar-refractivity contribution in [1.29, 1.82) is 0 Å². The van der Waals surface area contributed by atoms with E-state index in [1.165, 1.54) is 7.11 Å². The van der Waals surface area contributed by atoms with Crippen molar-refractivity contribution in [2.75, 3.05) is 7.11 Å². The number of carbonyl (C=O) groups is 1. The Kier molecular flexibility index (Phi) is 4.06. The molecule has 0 radical (unpaired) electrons. The van der Waals surface area contributed by atoms with E-state index in [0.29, 0.717) is 4.67 Å². The van der Waals surface area contributed by atoms with Gasteiger partial charge in [0.15, 0.2) is 0 Å². The number of halogens is 2. The van der Waals surface area contributed by atoms with Crippen molar-refractivity contribution >= 4 is 33.2 Å². The number of ether oxygens (including phenoxy) is 1. The van der Waals surface area contributed by atoms with Gasteiger partial charge in [0, 0.05) is 0 Å². The van der Waals surface area contributed by atoms with Crippen LogP contribution in [0.25, 0.3) is 0 Å². The number of hydrogen-bond donors (Lipinski definition) is 0. The molecule has 0 saturated carbocycles. The second-order valence-corrected chi connectivity index (χ2v) is 9.10. The van der Waals surface area contributed by atoms with E-state index in [-0.39, 0.29) is 5.76 Å². The fourth-order valence-corrected chi connectivity index (χ4v) is 7.09. The van der Waals surface area contributed by atoms with Crippen LogP contribution in [0.1, 0.15) is 10.6 Å². The molecule has 0 N–H and O–H groups in total. The van der Waals surface area contributed by atoms with Gasteiger partial charge in [0.25, 0.3) is 0 Å². The Labute approximate surface area is 93.4 Å². The molecule has 0 aliphatic carbocycles. The van der Waals surface area contributed by atoms with Crippen molar-refractivity contribution in [3.63, 3.8) is 0 Å². The first-order chi connectivity index (χ1) is 5.69. The van der Waals surface area contributed by atoms with Crippen molar-refractivity contribution in [3.05, 3.63) is 16.5 Å². The van der Waals surface area contributed by atoms with Gasteiger partial charge in [0.2, 0.25) is 0 Å². The standard InChI is InChI=1S/C6H4BrO3.ClH.Hg/c1-9-6(8)4-2-3-5(7)10-4;;/h2H,1H3;1H;/q;;+1/p-1. The number of esters is 1. The molecule has 6 heteroatoms. The third-order valence-electron chi connectivity index (χ3n) is 1.29. The number of furan rings is 1. The first kappa shape index (κ1) is 10.5. The van der Waals surface area contributed by atoms with E-state index in [9.17, 15) is 4.79 Å². The molecular formula is C6H4BrClHgO3. The van der Waals surface area contributed by atoms with Crippen LogP contribution in [-0.4, -0.2) is 13.1 Å². The molecule has 0 unspecified atom stereocenters. The van der Waals surface area contributed by atoms with Crippen LogP contribution in [-0.2, 0) is 28.1 Å². The summed E-state index contributed by atoms with van der Waals surface area (Å²) in [5.41, 5.74) is 0. The number of rotatable bonds is 2. The molecule has 62 valence electrons. The van der Waals surface area contributed by atoms with E-state index in [2.05, 4.69) is 20.7 Å². The summed E-state index contributed by atoms with van der Waals surface area (Å²) in [5, 5.41) is 0. The monoisotopic (exact) mass is 440 g/mol. The van der Waals surface area contributed by atoms with Crippen LogP contribution in [0, 0.1) is 0 Å². The topological polar surface area (TPSA) is 39.4 Å². The maximum atomic E-state index is 10.9. The summed E-state index contributed by atoms with van der Waals surface area (Å²) in [6, 6.07) is 1.64. The predicted octanol–water partition coefficient (Wildman–Crippen LogP) is 1.69. The van der Waals surface area contributed by atoms with Gasteiger partial charge in [0.05, 0.1) is 0 Å². The van der Waals surface area contributed by atoms with Crippen molar-refractivity contribution in [3.8, 4) is 0 Å². The van der Waals surface area contributed by atoms with Crippen molar-refractivity contribution in [2.45, 2.75) is 0 Å². The fourth-order valence-electron chi connectivity index (χ4n) is 0.699. The number of methoxy groups -OCH3 is 1. The molecule has 0 spiro atoms. The second-order valence-electron chi connectivity index (χ2n) is 2.03. The third-order valence-corrected chi connectivity index (χ3v) is 9.66. The SMILES string of the molecule is COC(=O)c1c[c]([Hg][Cl])c(Br)o1. The molecule has 0 saturated heterocycles. The zero-order valence-electron chi connectivity index (χ0n) is 6.27. The summed E-state index contributed by atoms with van der Waals surface area (Å²) < 4.78 is 11.1. The normalized spacial score (nSPS) is 9.25. The Morgan fingerprint density at radius 1 is 1.83 bits per heavy atom. The molecule has 0 fully saturated rings. The van der Waals surface area contributed by atoms with Crippen molar-refractivity contribution in [2.24, 2.45) is 0 Å². The summed E-state index contributed by atoms with van der Waals surface area (Å²) in [6.45, 7) is 0. The Morgan fingerprint density at radius 2 is 2.50 bits per heavy atom. The van der Waals surface area contributed by atoms with Crippen LogP contribution in [0.5, 0.6) is 0 Å². The van der Waals surface area contributed by atoms with Crippen LogP contribution >= 0.6 is 24.2 Å². The van der Waals surface area contributed by atoms with Gasteiger partial charge in [-0.3, -0.25) is 0 Å². The van der Waals surface area contributed by atoms with Crippen LogP contribution in [0.4, 0.5) is 0 Å². The average Bonchev–Trinajstić information content (AvgIpc) is 2.45. The maximum absolute atomic E-state index is 10.9. The Bertz CT molecular complexity index is 299. The molecule has 0 aliphatic rings. The molecule has 0 amide bonds. The van der Waals surface area contributed by atoms with Crippen LogP contribution in [0.2, 0.25) is 0 Å². The summed E-state index contributed by atoms with van der Waals surface area (Å²) >= 11 is 1.66. The van der Waals surface area contributed by atoms with Gasteiger partial charge < -0.3 is 0 Å². The van der Waals surface area contributed by atoms with Crippen molar-refractivity contribution in [1.82, 2.24) is 0 Å². The van der Waals surface area contributed by atoms with E-state index in [4.69, 9.17) is 12.7 Å². The minimum atomic E-state index is -1.51. The quantitative estimate of drug-likeness (QED) is 0.520. The van der Waals surface area contributed by atoms with Crippen LogP contribution < -0.4 is 3.07 Å². The zero-order chi connectivity index (χ0) is 9.14. The second kappa shape index (κ2) is 4.62. The van der Waals surface area contributed by atoms with Gasteiger partial charge in [-0.25, -0.2) is 0 Å². The third kappa shape index (κ3) is 2.23. The first-order valence-corrected chi connectivity index (χ1v) is 13.4. The van der Waals surface area contributed by atoms with E-state index >= 15 is 0 Å².